The summed E-state index contributed by atoms with van der Waals surface area (Å²) >= 11 is 0. The third kappa shape index (κ3) is 2.26. The Balaban J connectivity index is 1.93. The molecule has 1 spiro atoms. The van der Waals surface area contributed by atoms with Crippen molar-refractivity contribution >= 4 is 5.97 Å². The van der Waals surface area contributed by atoms with Crippen molar-refractivity contribution in [2.75, 3.05) is 33.5 Å². The zero-order valence-electron chi connectivity index (χ0n) is 11.8. The molecule has 0 unspecified atom stereocenters. The van der Waals surface area contributed by atoms with Crippen LogP contribution in [0.3, 0.4) is 0 Å². The van der Waals surface area contributed by atoms with Gasteiger partial charge >= 0.3 is 5.97 Å². The molecule has 6 heteroatoms. The first-order valence-electron chi connectivity index (χ1n) is 6.97. The summed E-state index contributed by atoms with van der Waals surface area (Å²) in [4.78, 5) is 11.9. The highest BCUT2D eigenvalue weighted by molar-refractivity contribution is 5.89. The number of carbonyl (C=O) groups is 1. The van der Waals surface area contributed by atoms with Crippen molar-refractivity contribution in [3.8, 4) is 0 Å². The second-order valence-corrected chi connectivity index (χ2v) is 5.36. The third-order valence-corrected chi connectivity index (χ3v) is 4.13. The Bertz CT molecular complexity index is 406. The molecule has 2 fully saturated rings. The zero-order chi connectivity index (χ0) is 14.2. The summed E-state index contributed by atoms with van der Waals surface area (Å²) in [7, 11) is 1.39. The van der Waals surface area contributed by atoms with E-state index in [4.69, 9.17) is 23.7 Å². The lowest BCUT2D eigenvalue weighted by molar-refractivity contribution is -0.244. The molecule has 2 aliphatic heterocycles. The van der Waals surface area contributed by atoms with E-state index in [1.54, 1.807) is 0 Å². The number of esters is 1. The van der Waals surface area contributed by atoms with Crippen LogP contribution < -0.4 is 0 Å². The fourth-order valence-electron chi connectivity index (χ4n) is 3.20. The number of hydrogen-bond donors (Lipinski definition) is 0. The number of rotatable bonds is 2. The Morgan fingerprint density at radius 1 is 1.25 bits per heavy atom. The predicted octanol–water partition coefficient (Wildman–Crippen LogP) is 0.858. The van der Waals surface area contributed by atoms with Crippen molar-refractivity contribution in [1.29, 1.82) is 0 Å². The van der Waals surface area contributed by atoms with Crippen LogP contribution in [0.15, 0.2) is 11.6 Å². The molecular formula is C14H20O6. The fraction of sp³-hybridized carbons (Fsp3) is 0.786. The van der Waals surface area contributed by atoms with Crippen LogP contribution in [0.25, 0.3) is 0 Å². The minimum absolute atomic E-state index is 0.0122. The molecule has 20 heavy (non-hydrogen) atoms. The summed E-state index contributed by atoms with van der Waals surface area (Å²) < 4.78 is 27.8. The smallest absolute Gasteiger partial charge is 0.333 e. The van der Waals surface area contributed by atoms with E-state index in [0.29, 0.717) is 38.4 Å². The van der Waals surface area contributed by atoms with E-state index in [1.807, 2.05) is 13.0 Å². The quantitative estimate of drug-likeness (QED) is 0.701. The molecule has 2 heterocycles. The SMILES string of the molecule is COC(=O)C1=C[C@@H](C2OCCO2)C2(C[C@H]1C)OCCO2. The molecule has 112 valence electrons. The lowest BCUT2D eigenvalue weighted by Gasteiger charge is -2.41. The summed E-state index contributed by atoms with van der Waals surface area (Å²) in [5.74, 6) is -1.30. The summed E-state index contributed by atoms with van der Waals surface area (Å²) in [5.41, 5.74) is 0.640. The van der Waals surface area contributed by atoms with E-state index < -0.39 is 12.1 Å². The maximum atomic E-state index is 11.9. The Morgan fingerprint density at radius 3 is 2.50 bits per heavy atom. The Hall–Kier alpha value is -0.950. The van der Waals surface area contributed by atoms with E-state index in [2.05, 4.69) is 0 Å². The molecule has 0 radical (unpaired) electrons. The van der Waals surface area contributed by atoms with Gasteiger partial charge in [-0.15, -0.1) is 0 Å². The molecule has 0 amide bonds. The average Bonchev–Trinajstić information content (AvgIpc) is 3.10. The maximum absolute atomic E-state index is 11.9. The third-order valence-electron chi connectivity index (χ3n) is 4.13. The van der Waals surface area contributed by atoms with Crippen LogP contribution in [0, 0.1) is 11.8 Å². The maximum Gasteiger partial charge on any atom is 0.333 e. The van der Waals surface area contributed by atoms with E-state index in [0.717, 1.165) is 0 Å². The van der Waals surface area contributed by atoms with Crippen molar-refractivity contribution < 1.29 is 28.5 Å². The molecule has 0 N–H and O–H groups in total. The first-order valence-corrected chi connectivity index (χ1v) is 6.97. The standard InChI is InChI=1S/C14H20O6/c1-9-8-14(19-5-6-20-14)11(13-17-3-4-18-13)7-10(9)12(15)16-2/h7,9,11,13H,3-6,8H2,1-2H3/t9-,11+/m1/s1. The van der Waals surface area contributed by atoms with Gasteiger partial charge in [0.2, 0.25) is 0 Å². The van der Waals surface area contributed by atoms with Crippen molar-refractivity contribution in [2.24, 2.45) is 11.8 Å². The van der Waals surface area contributed by atoms with Gasteiger partial charge in [0.15, 0.2) is 12.1 Å². The monoisotopic (exact) mass is 284 g/mol. The number of carbonyl (C=O) groups excluding carboxylic acids is 1. The van der Waals surface area contributed by atoms with Gasteiger partial charge < -0.3 is 23.7 Å². The molecule has 6 nitrogen and oxygen atoms in total. The molecule has 0 aromatic carbocycles. The lowest BCUT2D eigenvalue weighted by Crippen LogP contribution is -2.49. The van der Waals surface area contributed by atoms with Crippen molar-refractivity contribution in [2.45, 2.75) is 25.4 Å². The Labute approximate surface area is 118 Å². The highest BCUT2D eigenvalue weighted by atomic mass is 16.8. The van der Waals surface area contributed by atoms with Gasteiger partial charge in [0.25, 0.3) is 0 Å². The molecular weight excluding hydrogens is 264 g/mol. The first kappa shape index (κ1) is 14.0. The summed E-state index contributed by atoms with van der Waals surface area (Å²) in [6.45, 7) is 4.18. The van der Waals surface area contributed by atoms with Crippen molar-refractivity contribution in [3.63, 3.8) is 0 Å². The summed E-state index contributed by atoms with van der Waals surface area (Å²) in [6, 6.07) is 0. The normalized spacial score (nSPS) is 33.4. The Morgan fingerprint density at radius 2 is 1.90 bits per heavy atom. The molecule has 0 bridgehead atoms. The van der Waals surface area contributed by atoms with Crippen LogP contribution in [0.2, 0.25) is 0 Å². The summed E-state index contributed by atoms with van der Waals surface area (Å²) in [5, 5.41) is 0. The molecule has 1 aliphatic carbocycles. The predicted molar refractivity (Wildman–Crippen MR) is 67.7 cm³/mol. The van der Waals surface area contributed by atoms with Crippen LogP contribution in [0.4, 0.5) is 0 Å². The highest BCUT2D eigenvalue weighted by Crippen LogP contribution is 2.45. The van der Waals surface area contributed by atoms with Gasteiger partial charge in [0.1, 0.15) is 0 Å². The molecule has 0 aromatic heterocycles. The van der Waals surface area contributed by atoms with Crippen molar-refractivity contribution in [1.82, 2.24) is 0 Å². The van der Waals surface area contributed by atoms with E-state index in [9.17, 15) is 4.79 Å². The van der Waals surface area contributed by atoms with Gasteiger partial charge in [-0.05, 0) is 5.92 Å². The largest absolute Gasteiger partial charge is 0.466 e. The molecule has 2 saturated heterocycles. The zero-order valence-corrected chi connectivity index (χ0v) is 11.8. The average molecular weight is 284 g/mol. The second-order valence-electron chi connectivity index (χ2n) is 5.36. The van der Waals surface area contributed by atoms with E-state index >= 15 is 0 Å². The van der Waals surface area contributed by atoms with Gasteiger partial charge in [0, 0.05) is 12.0 Å². The van der Waals surface area contributed by atoms with Gasteiger partial charge in [-0.3, -0.25) is 0 Å². The molecule has 3 aliphatic rings. The minimum Gasteiger partial charge on any atom is -0.466 e. The Kier molecular flexibility index (Phi) is 3.81. The van der Waals surface area contributed by atoms with Crippen molar-refractivity contribution in [3.05, 3.63) is 11.6 Å². The van der Waals surface area contributed by atoms with Crippen LogP contribution in [0.5, 0.6) is 0 Å². The second kappa shape index (κ2) is 5.44. The lowest BCUT2D eigenvalue weighted by atomic mass is 9.78. The van der Waals surface area contributed by atoms with Crippen LogP contribution in [-0.4, -0.2) is 51.6 Å². The van der Waals surface area contributed by atoms with Crippen LogP contribution in [-0.2, 0) is 28.5 Å². The first-order chi connectivity index (χ1) is 9.66. The molecule has 2 atom stereocenters. The highest BCUT2D eigenvalue weighted by Gasteiger charge is 2.53. The fourth-order valence-corrected chi connectivity index (χ4v) is 3.20. The molecule has 0 saturated carbocycles. The number of hydrogen-bond acceptors (Lipinski definition) is 6. The van der Waals surface area contributed by atoms with Gasteiger partial charge in [0.05, 0.1) is 39.5 Å². The number of methoxy groups -OCH3 is 1. The van der Waals surface area contributed by atoms with E-state index in [-0.39, 0.29) is 17.8 Å². The van der Waals surface area contributed by atoms with Crippen LogP contribution in [0.1, 0.15) is 13.3 Å². The van der Waals surface area contributed by atoms with Gasteiger partial charge in [-0.1, -0.05) is 13.0 Å². The van der Waals surface area contributed by atoms with Gasteiger partial charge in [-0.2, -0.15) is 0 Å². The molecule has 0 aromatic rings. The molecule has 3 rings (SSSR count). The summed E-state index contributed by atoms with van der Waals surface area (Å²) in [6.07, 6.45) is 2.02. The van der Waals surface area contributed by atoms with E-state index in [1.165, 1.54) is 7.11 Å². The van der Waals surface area contributed by atoms with Crippen LogP contribution >= 0.6 is 0 Å². The topological polar surface area (TPSA) is 63.2 Å². The van der Waals surface area contributed by atoms with Gasteiger partial charge in [-0.25, -0.2) is 4.79 Å². The number of ether oxygens (including phenoxy) is 5. The minimum atomic E-state index is -0.744.